The SMILES string of the molecule is CCCCCCC1(C)C(/C=C2/C(=O)C(c3ccc(N(CCCS(=O)(=O)O)CCCS(=O)(=O)O)cc3)=C2O)=Nc2ccc(SOOO)cc21. The first-order valence-electron chi connectivity index (χ1n) is 15.5. The molecule has 0 saturated heterocycles. The number of nitrogens with zero attached hydrogens (tertiary/aromatic N) is 2. The first kappa shape index (κ1) is 37.7. The van der Waals surface area contributed by atoms with Crippen LogP contribution in [0.5, 0.6) is 0 Å². The number of carbonyl (C=O) groups excluding carboxylic acids is 1. The van der Waals surface area contributed by atoms with Crippen LogP contribution in [0.4, 0.5) is 11.4 Å². The van der Waals surface area contributed by atoms with Gasteiger partial charge in [-0.25, -0.2) is 5.26 Å². The number of aliphatic hydroxyl groups excluding tert-OH is 1. The summed E-state index contributed by atoms with van der Waals surface area (Å²) in [5, 5.41) is 23.4. The Bertz CT molecular complexity index is 1770. The lowest BCUT2D eigenvalue weighted by atomic mass is 9.73. The molecule has 0 saturated carbocycles. The minimum absolute atomic E-state index is 0.0708. The van der Waals surface area contributed by atoms with Gasteiger partial charge in [0, 0.05) is 29.1 Å². The predicted octanol–water partition coefficient (Wildman–Crippen LogP) is 6.27. The van der Waals surface area contributed by atoms with Gasteiger partial charge in [0.2, 0.25) is 5.78 Å². The molecule has 2 aliphatic rings. The normalized spacial score (nSPS) is 18.6. The molecule has 48 heavy (non-hydrogen) atoms. The van der Waals surface area contributed by atoms with E-state index in [1.165, 1.54) is 0 Å². The Morgan fingerprint density at radius 3 is 2.15 bits per heavy atom. The van der Waals surface area contributed by atoms with Crippen LogP contribution in [0.3, 0.4) is 0 Å². The lowest BCUT2D eigenvalue weighted by Gasteiger charge is -2.29. The number of ketones is 1. The zero-order valence-electron chi connectivity index (χ0n) is 26.7. The molecule has 16 heteroatoms. The maximum Gasteiger partial charge on any atom is 0.264 e. The van der Waals surface area contributed by atoms with Gasteiger partial charge in [-0.3, -0.25) is 18.9 Å². The molecule has 0 bridgehead atoms. The molecule has 0 radical (unpaired) electrons. The Morgan fingerprint density at radius 1 is 0.938 bits per heavy atom. The lowest BCUT2D eigenvalue weighted by molar-refractivity contribution is -0.432. The number of carbonyl (C=O) groups is 1. The highest BCUT2D eigenvalue weighted by atomic mass is 32.2. The smallest absolute Gasteiger partial charge is 0.264 e. The van der Waals surface area contributed by atoms with Crippen molar-refractivity contribution in [3.05, 3.63) is 71.0 Å². The summed E-state index contributed by atoms with van der Waals surface area (Å²) in [6, 6.07) is 12.1. The fraction of sp³-hybridized carbons (Fsp3) is 0.438. The second-order valence-electron chi connectivity index (χ2n) is 12.0. The van der Waals surface area contributed by atoms with Crippen molar-refractivity contribution in [2.75, 3.05) is 29.5 Å². The van der Waals surface area contributed by atoms with Crippen molar-refractivity contribution in [2.24, 2.45) is 4.99 Å². The van der Waals surface area contributed by atoms with Crippen molar-refractivity contribution in [1.82, 2.24) is 0 Å². The largest absolute Gasteiger partial charge is 0.506 e. The molecular formula is C32H40N2O11S3. The van der Waals surface area contributed by atoms with Crippen LogP contribution in [-0.4, -0.2) is 72.4 Å². The van der Waals surface area contributed by atoms with Gasteiger partial charge < -0.3 is 10.0 Å². The molecular weight excluding hydrogens is 685 g/mol. The average molecular weight is 725 g/mol. The highest BCUT2D eigenvalue weighted by Gasteiger charge is 2.41. The Balaban J connectivity index is 1.57. The summed E-state index contributed by atoms with van der Waals surface area (Å²) in [4.78, 5) is 20.7. The molecule has 0 aromatic heterocycles. The number of anilines is 1. The zero-order valence-corrected chi connectivity index (χ0v) is 29.1. The molecule has 1 atom stereocenters. The van der Waals surface area contributed by atoms with Crippen LogP contribution in [-0.2, 0) is 39.8 Å². The summed E-state index contributed by atoms with van der Waals surface area (Å²) in [6.45, 7) is 4.54. The van der Waals surface area contributed by atoms with Crippen LogP contribution in [0.15, 0.2) is 69.8 Å². The van der Waals surface area contributed by atoms with E-state index >= 15 is 0 Å². The summed E-state index contributed by atoms with van der Waals surface area (Å²) in [5.41, 5.74) is 3.09. The van der Waals surface area contributed by atoms with Gasteiger partial charge in [0.25, 0.3) is 20.2 Å². The van der Waals surface area contributed by atoms with Crippen LogP contribution in [0, 0.1) is 0 Å². The van der Waals surface area contributed by atoms with Crippen molar-refractivity contribution in [1.29, 1.82) is 0 Å². The molecule has 1 aliphatic carbocycles. The summed E-state index contributed by atoms with van der Waals surface area (Å²) in [6.07, 6.45) is 6.66. The Morgan fingerprint density at radius 2 is 1.58 bits per heavy atom. The monoisotopic (exact) mass is 724 g/mol. The van der Waals surface area contributed by atoms with Gasteiger partial charge in [-0.1, -0.05) is 49.8 Å². The molecule has 0 fully saturated rings. The third kappa shape index (κ3) is 9.53. The number of fused-ring (bicyclic) bond motifs is 1. The molecule has 4 rings (SSSR count). The third-order valence-corrected chi connectivity index (χ3v) is 10.7. The topological polar surface area (TPSA) is 200 Å². The van der Waals surface area contributed by atoms with Gasteiger partial charge in [0.05, 0.1) is 46.1 Å². The summed E-state index contributed by atoms with van der Waals surface area (Å²) in [7, 11) is -8.38. The molecule has 1 unspecified atom stereocenters. The second-order valence-corrected chi connectivity index (χ2v) is 15.9. The first-order chi connectivity index (χ1) is 22.7. The number of hydrogen-bond donors (Lipinski definition) is 4. The molecule has 4 N–H and O–H groups in total. The number of aliphatic hydroxyl groups is 1. The summed E-state index contributed by atoms with van der Waals surface area (Å²) < 4.78 is 67.6. The highest BCUT2D eigenvalue weighted by molar-refractivity contribution is 7.94. The maximum absolute atomic E-state index is 13.4. The van der Waals surface area contributed by atoms with E-state index in [-0.39, 0.29) is 48.6 Å². The molecule has 1 heterocycles. The number of aliphatic imine (C=N–C) groups is 1. The van der Waals surface area contributed by atoms with Gasteiger partial charge in [-0.15, -0.1) is 4.33 Å². The summed E-state index contributed by atoms with van der Waals surface area (Å²) >= 11 is 0.849. The molecule has 2 aromatic rings. The fourth-order valence-corrected chi connectivity index (χ4v) is 7.34. The minimum atomic E-state index is -4.19. The second kappa shape index (κ2) is 16.1. The minimum Gasteiger partial charge on any atom is -0.506 e. The van der Waals surface area contributed by atoms with Crippen molar-refractivity contribution >= 4 is 60.7 Å². The third-order valence-electron chi connectivity index (χ3n) is 8.49. The first-order valence-corrected chi connectivity index (χ1v) is 19.5. The molecule has 1 aliphatic heterocycles. The van der Waals surface area contributed by atoms with Gasteiger partial charge in [-0.05, 0) is 73.7 Å². The van der Waals surface area contributed by atoms with Crippen molar-refractivity contribution in [3.63, 3.8) is 0 Å². The zero-order chi connectivity index (χ0) is 35.1. The number of hydrogen-bond acceptors (Lipinski definition) is 12. The van der Waals surface area contributed by atoms with Crippen molar-refractivity contribution in [3.8, 4) is 0 Å². The number of unbranched alkanes of at least 4 members (excludes halogenated alkanes) is 3. The van der Waals surface area contributed by atoms with Gasteiger partial charge in [0.15, 0.2) is 0 Å². The molecule has 0 spiro atoms. The predicted molar refractivity (Wildman–Crippen MR) is 184 cm³/mol. The van der Waals surface area contributed by atoms with E-state index in [1.54, 1.807) is 41.3 Å². The van der Waals surface area contributed by atoms with Gasteiger partial charge in [0.1, 0.15) is 5.76 Å². The van der Waals surface area contributed by atoms with Gasteiger partial charge >= 0.3 is 0 Å². The molecule has 0 amide bonds. The Labute approximate surface area is 284 Å². The molecule has 13 nitrogen and oxygen atoms in total. The van der Waals surface area contributed by atoms with E-state index in [0.717, 1.165) is 55.4 Å². The van der Waals surface area contributed by atoms with Gasteiger partial charge in [-0.2, -0.15) is 16.8 Å². The number of allylic oxidation sites excluding steroid dienone is 3. The summed E-state index contributed by atoms with van der Waals surface area (Å²) in [5.74, 6) is -1.48. The van der Waals surface area contributed by atoms with E-state index in [2.05, 4.69) is 23.2 Å². The van der Waals surface area contributed by atoms with Crippen LogP contribution in [0.25, 0.3) is 5.57 Å². The number of rotatable bonds is 19. The van der Waals surface area contributed by atoms with E-state index < -0.39 is 37.2 Å². The van der Waals surface area contributed by atoms with E-state index in [1.807, 2.05) is 12.1 Å². The molecule has 2 aromatic carbocycles. The van der Waals surface area contributed by atoms with Crippen molar-refractivity contribution < 1.29 is 50.5 Å². The fourth-order valence-electron chi connectivity index (χ4n) is 5.96. The number of benzene rings is 2. The quantitative estimate of drug-likeness (QED) is 0.0316. The lowest BCUT2D eigenvalue weighted by Crippen LogP contribution is -2.31. The van der Waals surface area contributed by atoms with Crippen LogP contribution < -0.4 is 4.90 Å². The van der Waals surface area contributed by atoms with Crippen LogP contribution in [0.2, 0.25) is 0 Å². The van der Waals surface area contributed by atoms with E-state index in [0.29, 0.717) is 21.9 Å². The van der Waals surface area contributed by atoms with Crippen LogP contribution >= 0.6 is 12.0 Å². The standard InChI is InChI=1S/C32H40N2O11S3/c1-3-4-5-6-15-32(2)26-20-24(46-45-44-37)13-14-27(26)33-28(32)21-25-30(35)29(31(25)36)22-9-11-23(12-10-22)34(16-7-18-47(38,39)40)17-8-19-48(41,42)43/h9-14,20-21,35,37H,3-8,15-19H2,1-2H3,(H,38,39,40)(H,41,42,43)/b25-21+. The molecule has 262 valence electrons. The average Bonchev–Trinajstić information content (AvgIpc) is 3.30. The van der Waals surface area contributed by atoms with Crippen LogP contribution in [0.1, 0.15) is 69.9 Å². The highest BCUT2D eigenvalue weighted by Crippen LogP contribution is 2.47. The Kier molecular flexibility index (Phi) is 12.6. The van der Waals surface area contributed by atoms with E-state index in [4.69, 9.17) is 19.4 Å². The Hall–Kier alpha value is -3.09. The van der Waals surface area contributed by atoms with Crippen molar-refractivity contribution in [2.45, 2.75) is 69.1 Å². The number of Topliss-reactive ketones (excluding diaryl/α,β-unsaturated/α-hetero) is 1. The maximum atomic E-state index is 13.4. The van der Waals surface area contributed by atoms with E-state index in [9.17, 15) is 26.7 Å².